The van der Waals surface area contributed by atoms with Crippen LogP contribution < -0.4 is 5.32 Å². The summed E-state index contributed by atoms with van der Waals surface area (Å²) in [6, 6.07) is 10.6. The summed E-state index contributed by atoms with van der Waals surface area (Å²) in [7, 11) is 1.95. The molecule has 0 fully saturated rings. The molecule has 0 aliphatic carbocycles. The van der Waals surface area contributed by atoms with Crippen LogP contribution in [0.3, 0.4) is 0 Å². The quantitative estimate of drug-likeness (QED) is 0.850. The summed E-state index contributed by atoms with van der Waals surface area (Å²) in [5, 5.41) is 3.27. The molecule has 0 aliphatic heterocycles. The zero-order valence-electron chi connectivity index (χ0n) is 9.95. The van der Waals surface area contributed by atoms with Crippen LogP contribution in [0.1, 0.15) is 28.5 Å². The van der Waals surface area contributed by atoms with Gasteiger partial charge in [0.05, 0.1) is 12.3 Å². The highest BCUT2D eigenvalue weighted by molar-refractivity contribution is 5.34. The number of hydrogen-bond donors (Lipinski definition) is 1. The van der Waals surface area contributed by atoms with Gasteiger partial charge in [-0.3, -0.25) is 0 Å². The SMILES string of the molecule is CNC(c1ccc(C)c(C)c1)c1ccco1. The molecule has 0 amide bonds. The first-order valence-corrected chi connectivity index (χ1v) is 5.50. The largest absolute Gasteiger partial charge is 0.467 e. The molecule has 0 bridgehead atoms. The van der Waals surface area contributed by atoms with Gasteiger partial charge in [-0.05, 0) is 49.7 Å². The van der Waals surface area contributed by atoms with Crippen molar-refractivity contribution in [3.05, 3.63) is 59.0 Å². The fraction of sp³-hybridized carbons (Fsp3) is 0.286. The lowest BCUT2D eigenvalue weighted by Gasteiger charge is -2.15. The van der Waals surface area contributed by atoms with Gasteiger partial charge in [0.25, 0.3) is 0 Å². The van der Waals surface area contributed by atoms with Crippen molar-refractivity contribution in [2.24, 2.45) is 0 Å². The van der Waals surface area contributed by atoms with Crippen LogP contribution in [-0.2, 0) is 0 Å². The highest BCUT2D eigenvalue weighted by Gasteiger charge is 2.14. The second-order valence-electron chi connectivity index (χ2n) is 4.08. The highest BCUT2D eigenvalue weighted by atomic mass is 16.3. The van der Waals surface area contributed by atoms with Crippen molar-refractivity contribution in [2.75, 3.05) is 7.05 Å². The van der Waals surface area contributed by atoms with Gasteiger partial charge in [0, 0.05) is 0 Å². The van der Waals surface area contributed by atoms with Gasteiger partial charge >= 0.3 is 0 Å². The summed E-state index contributed by atoms with van der Waals surface area (Å²) in [6.07, 6.45) is 1.71. The van der Waals surface area contributed by atoms with Crippen LogP contribution in [0.15, 0.2) is 41.0 Å². The molecule has 2 heteroatoms. The van der Waals surface area contributed by atoms with Crippen LogP contribution >= 0.6 is 0 Å². The Bertz CT molecular complexity index is 460. The van der Waals surface area contributed by atoms with Gasteiger partial charge in [-0.15, -0.1) is 0 Å². The maximum Gasteiger partial charge on any atom is 0.125 e. The molecule has 1 atom stereocenters. The van der Waals surface area contributed by atoms with Gasteiger partial charge in [0.15, 0.2) is 0 Å². The van der Waals surface area contributed by atoms with E-state index in [-0.39, 0.29) is 6.04 Å². The second kappa shape index (κ2) is 4.54. The molecular weight excluding hydrogens is 198 g/mol. The Morgan fingerprint density at radius 3 is 2.50 bits per heavy atom. The third-order valence-electron chi connectivity index (χ3n) is 2.98. The van der Waals surface area contributed by atoms with Crippen LogP contribution in [-0.4, -0.2) is 7.05 Å². The van der Waals surface area contributed by atoms with E-state index in [9.17, 15) is 0 Å². The minimum Gasteiger partial charge on any atom is -0.467 e. The smallest absolute Gasteiger partial charge is 0.125 e. The van der Waals surface area contributed by atoms with E-state index in [0.717, 1.165) is 5.76 Å². The molecule has 1 unspecified atom stereocenters. The van der Waals surface area contributed by atoms with E-state index in [4.69, 9.17) is 4.42 Å². The molecule has 1 aromatic carbocycles. The summed E-state index contributed by atoms with van der Waals surface area (Å²) in [5.41, 5.74) is 3.86. The van der Waals surface area contributed by atoms with Gasteiger partial charge in [-0.2, -0.15) is 0 Å². The summed E-state index contributed by atoms with van der Waals surface area (Å²) in [5.74, 6) is 0.950. The van der Waals surface area contributed by atoms with Crippen LogP contribution in [0, 0.1) is 13.8 Å². The maximum atomic E-state index is 5.45. The number of rotatable bonds is 3. The minimum atomic E-state index is 0.134. The lowest BCUT2D eigenvalue weighted by molar-refractivity contribution is 0.463. The normalized spacial score (nSPS) is 12.7. The van der Waals surface area contributed by atoms with Crippen molar-refractivity contribution in [1.82, 2.24) is 5.32 Å². The predicted octanol–water partition coefficient (Wildman–Crippen LogP) is 3.21. The van der Waals surface area contributed by atoms with Crippen molar-refractivity contribution in [2.45, 2.75) is 19.9 Å². The Labute approximate surface area is 96.3 Å². The van der Waals surface area contributed by atoms with Gasteiger partial charge in [0.2, 0.25) is 0 Å². The van der Waals surface area contributed by atoms with E-state index in [1.165, 1.54) is 16.7 Å². The number of aryl methyl sites for hydroxylation is 2. The first kappa shape index (κ1) is 11.0. The second-order valence-corrected chi connectivity index (χ2v) is 4.08. The van der Waals surface area contributed by atoms with Crippen molar-refractivity contribution >= 4 is 0 Å². The standard InChI is InChI=1S/C14H17NO/c1-10-6-7-12(9-11(10)2)14(15-3)13-5-4-8-16-13/h4-9,14-15H,1-3H3. The zero-order chi connectivity index (χ0) is 11.5. The molecule has 0 saturated heterocycles. The van der Waals surface area contributed by atoms with Gasteiger partial charge < -0.3 is 9.73 Å². The van der Waals surface area contributed by atoms with E-state index in [1.807, 2.05) is 19.2 Å². The summed E-state index contributed by atoms with van der Waals surface area (Å²) >= 11 is 0. The Morgan fingerprint density at radius 2 is 1.94 bits per heavy atom. The number of furan rings is 1. The fourth-order valence-corrected chi connectivity index (χ4v) is 1.87. The Morgan fingerprint density at radius 1 is 1.12 bits per heavy atom. The highest BCUT2D eigenvalue weighted by Crippen LogP contribution is 2.23. The van der Waals surface area contributed by atoms with Gasteiger partial charge in [0.1, 0.15) is 5.76 Å². The first-order valence-electron chi connectivity index (χ1n) is 5.50. The number of benzene rings is 1. The van der Waals surface area contributed by atoms with E-state index in [0.29, 0.717) is 0 Å². The van der Waals surface area contributed by atoms with Crippen LogP contribution in [0.25, 0.3) is 0 Å². The maximum absolute atomic E-state index is 5.45. The van der Waals surface area contributed by atoms with Crippen LogP contribution in [0.2, 0.25) is 0 Å². The third-order valence-corrected chi connectivity index (χ3v) is 2.98. The van der Waals surface area contributed by atoms with Crippen molar-refractivity contribution < 1.29 is 4.42 Å². The van der Waals surface area contributed by atoms with E-state index in [1.54, 1.807) is 6.26 Å². The average molecular weight is 215 g/mol. The van der Waals surface area contributed by atoms with E-state index < -0.39 is 0 Å². The molecule has 1 heterocycles. The first-order chi connectivity index (χ1) is 7.72. The average Bonchev–Trinajstić information content (AvgIpc) is 2.78. The molecule has 0 spiro atoms. The summed E-state index contributed by atoms with van der Waals surface area (Å²) in [4.78, 5) is 0. The van der Waals surface area contributed by atoms with E-state index >= 15 is 0 Å². The Kier molecular flexibility index (Phi) is 3.11. The molecule has 1 aromatic heterocycles. The fourth-order valence-electron chi connectivity index (χ4n) is 1.87. The van der Waals surface area contributed by atoms with Crippen molar-refractivity contribution in [3.8, 4) is 0 Å². The molecule has 84 valence electrons. The van der Waals surface area contributed by atoms with Crippen LogP contribution in [0.4, 0.5) is 0 Å². The molecule has 1 N–H and O–H groups in total. The molecule has 0 radical (unpaired) electrons. The molecule has 0 saturated carbocycles. The van der Waals surface area contributed by atoms with E-state index in [2.05, 4.69) is 37.4 Å². The van der Waals surface area contributed by atoms with Crippen molar-refractivity contribution in [3.63, 3.8) is 0 Å². The lowest BCUT2D eigenvalue weighted by Crippen LogP contribution is -2.17. The summed E-state index contributed by atoms with van der Waals surface area (Å²) < 4.78 is 5.45. The topological polar surface area (TPSA) is 25.2 Å². The molecule has 2 aromatic rings. The number of hydrogen-bond acceptors (Lipinski definition) is 2. The van der Waals surface area contributed by atoms with Gasteiger partial charge in [-0.1, -0.05) is 18.2 Å². The minimum absolute atomic E-state index is 0.134. The predicted molar refractivity (Wildman–Crippen MR) is 65.5 cm³/mol. The summed E-state index contributed by atoms with van der Waals surface area (Å²) in [6.45, 7) is 4.26. The number of nitrogens with one attached hydrogen (secondary N) is 1. The molecule has 16 heavy (non-hydrogen) atoms. The van der Waals surface area contributed by atoms with Crippen molar-refractivity contribution in [1.29, 1.82) is 0 Å². The molecule has 2 nitrogen and oxygen atoms in total. The molecular formula is C14H17NO. The molecule has 2 rings (SSSR count). The monoisotopic (exact) mass is 215 g/mol. The third kappa shape index (κ3) is 2.02. The Hall–Kier alpha value is -1.54. The molecule has 0 aliphatic rings. The zero-order valence-corrected chi connectivity index (χ0v) is 9.95. The van der Waals surface area contributed by atoms with Crippen LogP contribution in [0.5, 0.6) is 0 Å². The lowest BCUT2D eigenvalue weighted by atomic mass is 10.00. The Balaban J connectivity index is 2.37. The van der Waals surface area contributed by atoms with Gasteiger partial charge in [-0.25, -0.2) is 0 Å².